The van der Waals surface area contributed by atoms with Crippen LogP contribution in [0, 0.1) is 0 Å². The van der Waals surface area contributed by atoms with Gasteiger partial charge in [-0.1, -0.05) is 8.93 Å². The van der Waals surface area contributed by atoms with Gasteiger partial charge in [0.1, 0.15) is 0 Å². The largest absolute Gasteiger partial charge is 0.477 e. The number of hydrogen-bond donors (Lipinski definition) is 0. The third-order valence-electron chi connectivity index (χ3n) is 1.71. The maximum absolute atomic E-state index is 5.35. The van der Waals surface area contributed by atoms with Crippen molar-refractivity contribution in [2.45, 2.75) is 11.3 Å². The monoisotopic (exact) mass is 357 g/mol. The van der Waals surface area contributed by atoms with E-state index < -0.39 is 0 Å². The van der Waals surface area contributed by atoms with Gasteiger partial charge in [0.15, 0.2) is 0 Å². The van der Waals surface area contributed by atoms with Crippen molar-refractivity contribution >= 4 is 46.1 Å². The molecule has 0 saturated carbocycles. The van der Waals surface area contributed by atoms with Gasteiger partial charge in [-0.2, -0.15) is 0 Å². The Morgan fingerprint density at radius 2 is 2.50 bits per heavy atom. The molecule has 0 radical (unpaired) electrons. The second-order valence-corrected chi connectivity index (χ2v) is 5.13. The predicted molar refractivity (Wildman–Crippen MR) is 61.0 cm³/mol. The van der Waals surface area contributed by atoms with Crippen LogP contribution >= 0.6 is 46.1 Å². The highest BCUT2D eigenvalue weighted by Crippen LogP contribution is 2.40. The number of pyridine rings is 1. The average molecular weight is 358 g/mol. The van der Waals surface area contributed by atoms with E-state index in [4.69, 9.17) is 4.74 Å². The van der Waals surface area contributed by atoms with Gasteiger partial charge >= 0.3 is 0 Å². The zero-order valence-corrected chi connectivity index (χ0v) is 10.6. The Morgan fingerprint density at radius 1 is 1.67 bits per heavy atom. The van der Waals surface area contributed by atoms with Crippen molar-refractivity contribution in [2.24, 2.45) is 0 Å². The highest BCUT2D eigenvalue weighted by atomic mass is 127. The number of nitrogens with zero attached hydrogens (tertiary/aromatic N) is 1. The fourth-order valence-electron chi connectivity index (χ4n) is 1.17. The molecule has 2 heterocycles. The Morgan fingerprint density at radius 3 is 3.25 bits per heavy atom. The normalized spacial score (nSPS) is 14.2. The van der Waals surface area contributed by atoms with E-state index in [1.807, 2.05) is 0 Å². The molecule has 0 bridgehead atoms. The minimum absolute atomic E-state index is 0.767. The Hall–Kier alpha value is 0.510. The van der Waals surface area contributed by atoms with Gasteiger partial charge in [-0.05, 0) is 15.9 Å². The summed E-state index contributed by atoms with van der Waals surface area (Å²) < 4.78 is 6.41. The SMILES string of the molecule is Brc1cnc2c(c1SI)CCO2. The van der Waals surface area contributed by atoms with E-state index in [1.54, 1.807) is 15.1 Å². The fraction of sp³-hybridized carbons (Fsp3) is 0.286. The second-order valence-electron chi connectivity index (χ2n) is 2.39. The molecular formula is C7H5BrINOS. The molecule has 0 aromatic carbocycles. The third-order valence-corrected chi connectivity index (χ3v) is 4.52. The number of aromatic nitrogens is 1. The van der Waals surface area contributed by atoms with Crippen molar-refractivity contribution in [3.05, 3.63) is 16.2 Å². The van der Waals surface area contributed by atoms with Gasteiger partial charge in [0.05, 0.1) is 11.1 Å². The van der Waals surface area contributed by atoms with E-state index in [-0.39, 0.29) is 0 Å². The lowest BCUT2D eigenvalue weighted by molar-refractivity contribution is 0.344. The molecule has 1 aliphatic rings. The van der Waals surface area contributed by atoms with E-state index in [1.165, 1.54) is 10.5 Å². The first-order chi connectivity index (χ1) is 5.83. The molecule has 1 aliphatic heterocycles. The van der Waals surface area contributed by atoms with Gasteiger partial charge in [-0.25, -0.2) is 4.98 Å². The van der Waals surface area contributed by atoms with Crippen LogP contribution in [-0.4, -0.2) is 11.6 Å². The molecule has 5 heteroatoms. The van der Waals surface area contributed by atoms with Crippen LogP contribution in [0.5, 0.6) is 5.88 Å². The Labute approximate surface area is 95.2 Å². The molecule has 64 valence electrons. The molecule has 0 spiro atoms. The number of hydrogen-bond acceptors (Lipinski definition) is 3. The number of ether oxygens (including phenoxy) is 1. The summed E-state index contributed by atoms with van der Waals surface area (Å²) in [7, 11) is 1.70. The van der Waals surface area contributed by atoms with Crippen LogP contribution < -0.4 is 4.74 Å². The molecule has 0 fully saturated rings. The molecule has 0 atom stereocenters. The van der Waals surface area contributed by atoms with Crippen LogP contribution in [-0.2, 0) is 6.42 Å². The summed E-state index contributed by atoms with van der Waals surface area (Å²) >= 11 is 5.74. The highest BCUT2D eigenvalue weighted by Gasteiger charge is 2.19. The molecular weight excluding hydrogens is 353 g/mol. The Bertz CT molecular complexity index is 321. The Kier molecular flexibility index (Phi) is 2.81. The minimum atomic E-state index is 0.767. The highest BCUT2D eigenvalue weighted by molar-refractivity contribution is 14.2. The molecule has 0 unspecified atom stereocenters. The van der Waals surface area contributed by atoms with Crippen molar-refractivity contribution in [1.29, 1.82) is 0 Å². The molecule has 2 nitrogen and oxygen atoms in total. The van der Waals surface area contributed by atoms with Gasteiger partial charge in [0.2, 0.25) is 5.88 Å². The quantitative estimate of drug-likeness (QED) is 0.720. The van der Waals surface area contributed by atoms with Crippen LogP contribution in [0.2, 0.25) is 0 Å². The van der Waals surface area contributed by atoms with Crippen LogP contribution in [0.4, 0.5) is 0 Å². The van der Waals surface area contributed by atoms with Crippen LogP contribution in [0.3, 0.4) is 0 Å². The van der Waals surface area contributed by atoms with Crippen LogP contribution in [0.25, 0.3) is 0 Å². The lowest BCUT2D eigenvalue weighted by Gasteiger charge is -2.03. The van der Waals surface area contributed by atoms with E-state index in [0.717, 1.165) is 23.4 Å². The fourth-order valence-corrected chi connectivity index (χ4v) is 4.58. The predicted octanol–water partition coefficient (Wildman–Crippen LogP) is 3.22. The summed E-state index contributed by atoms with van der Waals surface area (Å²) in [4.78, 5) is 5.43. The first-order valence-electron chi connectivity index (χ1n) is 3.41. The van der Waals surface area contributed by atoms with Gasteiger partial charge in [0.25, 0.3) is 0 Å². The summed E-state index contributed by atoms with van der Waals surface area (Å²) in [6.45, 7) is 0.767. The van der Waals surface area contributed by atoms with Crippen molar-refractivity contribution < 1.29 is 4.74 Å². The zero-order chi connectivity index (χ0) is 8.55. The standard InChI is InChI=1S/C7H5BrINOS/c8-5-3-10-7-4(1-2-11-7)6(5)12-9/h3H,1-2H2. The van der Waals surface area contributed by atoms with E-state index in [9.17, 15) is 0 Å². The lowest BCUT2D eigenvalue weighted by Crippen LogP contribution is -1.87. The number of rotatable bonds is 1. The average Bonchev–Trinajstić information content (AvgIpc) is 2.52. The molecule has 12 heavy (non-hydrogen) atoms. The van der Waals surface area contributed by atoms with E-state index in [0.29, 0.717) is 0 Å². The van der Waals surface area contributed by atoms with E-state index >= 15 is 0 Å². The van der Waals surface area contributed by atoms with E-state index in [2.05, 4.69) is 42.1 Å². The summed E-state index contributed by atoms with van der Waals surface area (Å²) in [6.07, 6.45) is 2.78. The van der Waals surface area contributed by atoms with Gasteiger partial charge in [0, 0.05) is 44.3 Å². The third kappa shape index (κ3) is 1.46. The zero-order valence-electron chi connectivity index (χ0n) is 6.01. The summed E-state index contributed by atoms with van der Waals surface area (Å²) in [5, 5.41) is 0. The van der Waals surface area contributed by atoms with Gasteiger partial charge < -0.3 is 4.74 Å². The topological polar surface area (TPSA) is 22.1 Å². The Balaban J connectivity index is 2.57. The molecule has 0 N–H and O–H groups in total. The van der Waals surface area contributed by atoms with Crippen LogP contribution in [0.1, 0.15) is 5.56 Å². The van der Waals surface area contributed by atoms with Gasteiger partial charge in [-0.3, -0.25) is 0 Å². The number of halogens is 2. The molecule has 1 aromatic heterocycles. The van der Waals surface area contributed by atoms with Crippen molar-refractivity contribution in [2.75, 3.05) is 6.61 Å². The molecule has 0 aliphatic carbocycles. The molecule has 0 amide bonds. The molecule has 1 aromatic rings. The maximum Gasteiger partial charge on any atom is 0.217 e. The molecule has 0 saturated heterocycles. The molecule has 2 rings (SSSR count). The second kappa shape index (κ2) is 3.71. The first kappa shape index (κ1) is 9.08. The number of fused-ring (bicyclic) bond motifs is 1. The summed E-state index contributed by atoms with van der Waals surface area (Å²) in [6, 6.07) is 0. The minimum Gasteiger partial charge on any atom is -0.477 e. The summed E-state index contributed by atoms with van der Waals surface area (Å²) in [5.41, 5.74) is 1.24. The summed E-state index contributed by atoms with van der Waals surface area (Å²) in [5.74, 6) is 0.803. The maximum atomic E-state index is 5.35. The van der Waals surface area contributed by atoms with Crippen molar-refractivity contribution in [3.63, 3.8) is 0 Å². The smallest absolute Gasteiger partial charge is 0.217 e. The lowest BCUT2D eigenvalue weighted by atomic mass is 10.2. The van der Waals surface area contributed by atoms with Crippen molar-refractivity contribution in [3.8, 4) is 5.88 Å². The van der Waals surface area contributed by atoms with Gasteiger partial charge in [-0.15, -0.1) is 0 Å². The van der Waals surface area contributed by atoms with Crippen molar-refractivity contribution in [1.82, 2.24) is 4.98 Å². The van der Waals surface area contributed by atoms with Crippen LogP contribution in [0.15, 0.2) is 15.6 Å². The first-order valence-corrected chi connectivity index (χ1v) is 7.57.